The SMILES string of the molecule is CCC1(CC)O[C@@H](C(O)(c2ccc3ccccc3c2)c2ccc3ccccc3c2)[C@H](C(O)(c2ccc3ccccc3c2)c2ccc3ccccc3c2)O1. The van der Waals surface area contributed by atoms with Gasteiger partial charge >= 0.3 is 0 Å². The number of fused-ring (bicyclic) bond motifs is 4. The Bertz CT molecular complexity index is 2280. The first-order valence-electron chi connectivity index (χ1n) is 18.6. The van der Waals surface area contributed by atoms with Gasteiger partial charge in [-0.05, 0) is 102 Å². The van der Waals surface area contributed by atoms with E-state index in [0.717, 1.165) is 43.1 Å². The molecular formula is C49H42O4. The molecule has 9 rings (SSSR count). The lowest BCUT2D eigenvalue weighted by molar-refractivity contribution is -0.200. The highest BCUT2D eigenvalue weighted by Crippen LogP contribution is 2.53. The summed E-state index contributed by atoms with van der Waals surface area (Å²) in [4.78, 5) is 0. The molecule has 53 heavy (non-hydrogen) atoms. The van der Waals surface area contributed by atoms with Crippen LogP contribution in [-0.2, 0) is 20.7 Å². The molecule has 0 unspecified atom stereocenters. The van der Waals surface area contributed by atoms with E-state index >= 15 is 0 Å². The zero-order valence-corrected chi connectivity index (χ0v) is 29.9. The highest BCUT2D eigenvalue weighted by atomic mass is 16.8. The molecule has 0 saturated carbocycles. The van der Waals surface area contributed by atoms with Gasteiger partial charge in [0.2, 0.25) is 0 Å². The lowest BCUT2D eigenvalue weighted by atomic mass is 9.71. The van der Waals surface area contributed by atoms with Gasteiger partial charge in [0.15, 0.2) is 5.79 Å². The summed E-state index contributed by atoms with van der Waals surface area (Å²) in [6.07, 6.45) is -1.05. The molecule has 0 radical (unpaired) electrons. The molecule has 0 aliphatic carbocycles. The average Bonchev–Trinajstić information content (AvgIpc) is 3.64. The number of ether oxygens (including phenoxy) is 2. The van der Waals surface area contributed by atoms with Gasteiger partial charge in [-0.3, -0.25) is 0 Å². The Morgan fingerprint density at radius 2 is 0.642 bits per heavy atom. The summed E-state index contributed by atoms with van der Waals surface area (Å²) < 4.78 is 14.4. The normalized spacial score (nSPS) is 17.6. The second kappa shape index (κ2) is 12.9. The first kappa shape index (κ1) is 33.5. The Morgan fingerprint density at radius 1 is 0.396 bits per heavy atom. The molecule has 1 saturated heterocycles. The fourth-order valence-electron chi connectivity index (χ4n) is 8.50. The van der Waals surface area contributed by atoms with Crippen LogP contribution in [-0.4, -0.2) is 28.2 Å². The third-order valence-corrected chi connectivity index (χ3v) is 11.6. The molecule has 0 aromatic heterocycles. The molecule has 1 fully saturated rings. The molecular weight excluding hydrogens is 653 g/mol. The number of rotatable bonds is 8. The van der Waals surface area contributed by atoms with E-state index in [1.54, 1.807) is 0 Å². The van der Waals surface area contributed by atoms with Crippen LogP contribution in [0.5, 0.6) is 0 Å². The Morgan fingerprint density at radius 3 is 0.887 bits per heavy atom. The Balaban J connectivity index is 1.34. The fraction of sp³-hybridized carbons (Fsp3) is 0.184. The highest BCUT2D eigenvalue weighted by Gasteiger charge is 2.62. The van der Waals surface area contributed by atoms with E-state index in [9.17, 15) is 10.2 Å². The molecule has 2 atom stereocenters. The van der Waals surface area contributed by atoms with Crippen molar-refractivity contribution < 1.29 is 19.7 Å². The molecule has 262 valence electrons. The van der Waals surface area contributed by atoms with Crippen LogP contribution >= 0.6 is 0 Å². The molecule has 8 aromatic rings. The first-order chi connectivity index (χ1) is 25.8. The minimum Gasteiger partial charge on any atom is -0.378 e. The van der Waals surface area contributed by atoms with Crippen molar-refractivity contribution in [3.8, 4) is 0 Å². The maximum absolute atomic E-state index is 13.9. The van der Waals surface area contributed by atoms with Crippen molar-refractivity contribution in [3.05, 3.63) is 192 Å². The maximum Gasteiger partial charge on any atom is 0.169 e. The van der Waals surface area contributed by atoms with Gasteiger partial charge in [0.05, 0.1) is 0 Å². The second-order valence-corrected chi connectivity index (χ2v) is 14.5. The van der Waals surface area contributed by atoms with Crippen molar-refractivity contribution >= 4 is 43.1 Å². The monoisotopic (exact) mass is 694 g/mol. The van der Waals surface area contributed by atoms with E-state index in [1.165, 1.54) is 0 Å². The van der Waals surface area contributed by atoms with Crippen LogP contribution in [0.4, 0.5) is 0 Å². The van der Waals surface area contributed by atoms with Gasteiger partial charge in [-0.15, -0.1) is 0 Å². The van der Waals surface area contributed by atoms with E-state index in [0.29, 0.717) is 35.1 Å². The topological polar surface area (TPSA) is 58.9 Å². The van der Waals surface area contributed by atoms with Crippen LogP contribution in [0.15, 0.2) is 170 Å². The van der Waals surface area contributed by atoms with Gasteiger partial charge < -0.3 is 19.7 Å². The molecule has 2 N–H and O–H groups in total. The molecule has 8 aromatic carbocycles. The lowest BCUT2D eigenvalue weighted by Gasteiger charge is -2.43. The average molecular weight is 695 g/mol. The summed E-state index contributed by atoms with van der Waals surface area (Å²) in [5.74, 6) is -1.07. The van der Waals surface area contributed by atoms with E-state index < -0.39 is 29.2 Å². The van der Waals surface area contributed by atoms with Crippen molar-refractivity contribution in [2.75, 3.05) is 0 Å². The number of hydrogen-bond acceptors (Lipinski definition) is 4. The molecule has 0 spiro atoms. The van der Waals surface area contributed by atoms with E-state index in [4.69, 9.17) is 9.47 Å². The Labute approximate surface area is 309 Å². The summed E-state index contributed by atoms with van der Waals surface area (Å²) in [6.45, 7) is 4.08. The first-order valence-corrected chi connectivity index (χ1v) is 18.6. The van der Waals surface area contributed by atoms with Gasteiger partial charge in [-0.1, -0.05) is 159 Å². The quantitative estimate of drug-likeness (QED) is 0.166. The minimum atomic E-state index is -1.76. The Kier molecular flexibility index (Phi) is 8.17. The second-order valence-electron chi connectivity index (χ2n) is 14.5. The molecule has 0 bridgehead atoms. The third-order valence-electron chi connectivity index (χ3n) is 11.6. The third kappa shape index (κ3) is 5.45. The van der Waals surface area contributed by atoms with Crippen LogP contribution in [0.2, 0.25) is 0 Å². The number of hydrogen-bond donors (Lipinski definition) is 2. The number of benzene rings is 8. The molecule has 4 nitrogen and oxygen atoms in total. The smallest absolute Gasteiger partial charge is 0.169 e. The largest absolute Gasteiger partial charge is 0.378 e. The molecule has 0 amide bonds. The maximum atomic E-state index is 13.9. The Hall–Kier alpha value is -5.36. The molecule has 4 heteroatoms. The van der Waals surface area contributed by atoms with Gasteiger partial charge in [0.1, 0.15) is 23.4 Å². The summed E-state index contributed by atoms with van der Waals surface area (Å²) in [6, 6.07) is 57.0. The zero-order chi connectivity index (χ0) is 36.2. The minimum absolute atomic E-state index is 0.521. The lowest BCUT2D eigenvalue weighted by Crippen LogP contribution is -2.55. The van der Waals surface area contributed by atoms with Crippen LogP contribution in [0.1, 0.15) is 48.9 Å². The van der Waals surface area contributed by atoms with Gasteiger partial charge in [-0.25, -0.2) is 0 Å². The standard InChI is InChI=1S/C49H42O4/c1-3-47(4-2)52-45(48(50,41-25-21-33-13-5-9-17-37(33)29-41)42-26-22-34-14-6-10-18-38(34)30-42)46(53-47)49(51,43-27-23-35-15-7-11-19-39(35)31-43)44-28-24-36-16-8-12-20-40(36)32-44/h5-32,45-46,50-51H,3-4H2,1-2H3/t45-,46-/m1/s1. The van der Waals surface area contributed by atoms with Crippen LogP contribution in [0, 0.1) is 0 Å². The van der Waals surface area contributed by atoms with Crippen LogP contribution in [0.25, 0.3) is 43.1 Å². The summed E-state index contributed by atoms with van der Waals surface area (Å²) in [5.41, 5.74) is -0.876. The molecule has 1 aliphatic heterocycles. The van der Waals surface area contributed by atoms with E-state index in [2.05, 4.69) is 48.5 Å². The van der Waals surface area contributed by atoms with E-state index in [-0.39, 0.29) is 0 Å². The van der Waals surface area contributed by atoms with Crippen LogP contribution < -0.4 is 0 Å². The zero-order valence-electron chi connectivity index (χ0n) is 29.9. The van der Waals surface area contributed by atoms with E-state index in [1.807, 2.05) is 135 Å². The van der Waals surface area contributed by atoms with Crippen molar-refractivity contribution in [3.63, 3.8) is 0 Å². The van der Waals surface area contributed by atoms with Gasteiger partial charge in [0.25, 0.3) is 0 Å². The molecule has 1 aliphatic rings. The van der Waals surface area contributed by atoms with Crippen LogP contribution in [0.3, 0.4) is 0 Å². The van der Waals surface area contributed by atoms with Gasteiger partial charge in [-0.2, -0.15) is 0 Å². The fourth-order valence-corrected chi connectivity index (χ4v) is 8.50. The van der Waals surface area contributed by atoms with Crippen molar-refractivity contribution in [2.45, 2.75) is 55.9 Å². The summed E-state index contributed by atoms with van der Waals surface area (Å²) >= 11 is 0. The summed E-state index contributed by atoms with van der Waals surface area (Å²) in [7, 11) is 0. The highest BCUT2D eigenvalue weighted by molar-refractivity contribution is 5.87. The molecule has 1 heterocycles. The van der Waals surface area contributed by atoms with Crippen molar-refractivity contribution in [1.29, 1.82) is 0 Å². The van der Waals surface area contributed by atoms with Crippen molar-refractivity contribution in [1.82, 2.24) is 0 Å². The van der Waals surface area contributed by atoms with Gasteiger partial charge in [0, 0.05) is 0 Å². The number of aliphatic hydroxyl groups is 2. The van der Waals surface area contributed by atoms with Crippen molar-refractivity contribution in [2.24, 2.45) is 0 Å². The predicted octanol–water partition coefficient (Wildman–Crippen LogP) is 10.8. The summed E-state index contributed by atoms with van der Waals surface area (Å²) in [5, 5.41) is 36.0. The predicted molar refractivity (Wildman–Crippen MR) is 215 cm³/mol.